The Labute approximate surface area is 124 Å². The van der Waals surface area contributed by atoms with E-state index < -0.39 is 0 Å². The van der Waals surface area contributed by atoms with Gasteiger partial charge in [-0.15, -0.1) is 11.3 Å². The number of esters is 1. The van der Waals surface area contributed by atoms with E-state index in [-0.39, 0.29) is 18.7 Å². The minimum atomic E-state index is -0.238. The fraction of sp³-hybridized carbons (Fsp3) is 0.667. The largest absolute Gasteiger partial charge is 0.469 e. The molecule has 1 heterocycles. The lowest BCUT2D eigenvalue weighted by Gasteiger charge is -2.08. The summed E-state index contributed by atoms with van der Waals surface area (Å²) in [6, 6.07) is 4.20. The zero-order chi connectivity index (χ0) is 14.8. The SMILES string of the molecule is COC(=O)CCCc1ccc(C(N)CCCCCF)s1. The first-order valence-corrected chi connectivity index (χ1v) is 7.96. The normalized spacial score (nSPS) is 12.3. The number of carbonyl (C=O) groups is 1. The van der Waals surface area contributed by atoms with Gasteiger partial charge in [0.2, 0.25) is 0 Å². The lowest BCUT2D eigenvalue weighted by molar-refractivity contribution is -0.140. The molecule has 5 heteroatoms. The summed E-state index contributed by atoms with van der Waals surface area (Å²) < 4.78 is 16.6. The molecule has 0 aliphatic rings. The van der Waals surface area contributed by atoms with E-state index >= 15 is 0 Å². The Balaban J connectivity index is 2.29. The van der Waals surface area contributed by atoms with Crippen molar-refractivity contribution in [2.45, 2.75) is 51.0 Å². The van der Waals surface area contributed by atoms with Gasteiger partial charge in [0, 0.05) is 22.2 Å². The molecule has 114 valence electrons. The molecule has 0 spiro atoms. The van der Waals surface area contributed by atoms with Crippen LogP contribution in [0, 0.1) is 0 Å². The number of thiophene rings is 1. The van der Waals surface area contributed by atoms with E-state index in [0.29, 0.717) is 12.8 Å². The van der Waals surface area contributed by atoms with Gasteiger partial charge in [0.15, 0.2) is 0 Å². The molecule has 0 aliphatic carbocycles. The van der Waals surface area contributed by atoms with E-state index in [2.05, 4.69) is 16.9 Å². The topological polar surface area (TPSA) is 52.3 Å². The van der Waals surface area contributed by atoms with Gasteiger partial charge in [0.05, 0.1) is 13.8 Å². The van der Waals surface area contributed by atoms with E-state index in [4.69, 9.17) is 5.73 Å². The fourth-order valence-electron chi connectivity index (χ4n) is 2.01. The van der Waals surface area contributed by atoms with Crippen LogP contribution >= 0.6 is 11.3 Å². The Morgan fingerprint density at radius 1 is 1.35 bits per heavy atom. The zero-order valence-electron chi connectivity index (χ0n) is 12.1. The molecule has 0 aliphatic heterocycles. The molecule has 1 aromatic rings. The smallest absolute Gasteiger partial charge is 0.305 e. The summed E-state index contributed by atoms with van der Waals surface area (Å²) in [4.78, 5) is 13.5. The number of hydrogen-bond acceptors (Lipinski definition) is 4. The number of carbonyl (C=O) groups excluding carboxylic acids is 1. The van der Waals surface area contributed by atoms with E-state index in [9.17, 15) is 9.18 Å². The highest BCUT2D eigenvalue weighted by atomic mass is 32.1. The van der Waals surface area contributed by atoms with Crippen molar-refractivity contribution < 1.29 is 13.9 Å². The Morgan fingerprint density at radius 3 is 2.85 bits per heavy atom. The van der Waals surface area contributed by atoms with Gasteiger partial charge in [-0.2, -0.15) is 0 Å². The standard InChI is InChI=1S/C15H24FNO2S/c1-19-15(18)8-5-6-12-9-10-14(20-12)13(17)7-3-2-4-11-16/h9-10,13H,2-8,11,17H2,1H3. The number of halogens is 1. The lowest BCUT2D eigenvalue weighted by Crippen LogP contribution is -2.08. The minimum Gasteiger partial charge on any atom is -0.469 e. The van der Waals surface area contributed by atoms with Gasteiger partial charge in [0.25, 0.3) is 0 Å². The number of ether oxygens (including phenoxy) is 1. The van der Waals surface area contributed by atoms with Gasteiger partial charge < -0.3 is 10.5 Å². The van der Waals surface area contributed by atoms with Crippen LogP contribution in [0.4, 0.5) is 4.39 Å². The van der Waals surface area contributed by atoms with Gasteiger partial charge in [-0.3, -0.25) is 9.18 Å². The molecule has 1 unspecified atom stereocenters. The number of alkyl halides is 1. The molecule has 0 saturated heterocycles. The molecule has 1 aromatic heterocycles. The van der Waals surface area contributed by atoms with Crippen LogP contribution < -0.4 is 5.73 Å². The Bertz CT molecular complexity index is 395. The molecule has 0 radical (unpaired) electrons. The molecule has 0 fully saturated rings. The number of methoxy groups -OCH3 is 1. The van der Waals surface area contributed by atoms with Crippen molar-refractivity contribution in [3.8, 4) is 0 Å². The van der Waals surface area contributed by atoms with Gasteiger partial charge in [0.1, 0.15) is 0 Å². The molecule has 1 atom stereocenters. The van der Waals surface area contributed by atoms with Crippen molar-refractivity contribution in [2.75, 3.05) is 13.8 Å². The third kappa shape index (κ3) is 6.48. The van der Waals surface area contributed by atoms with E-state index in [0.717, 1.165) is 32.1 Å². The first-order chi connectivity index (χ1) is 9.67. The third-order valence-corrected chi connectivity index (χ3v) is 4.51. The first kappa shape index (κ1) is 17.1. The molecule has 0 bridgehead atoms. The zero-order valence-corrected chi connectivity index (χ0v) is 12.9. The summed E-state index contributed by atoms with van der Waals surface area (Å²) in [6.07, 6.45) is 5.56. The summed E-state index contributed by atoms with van der Waals surface area (Å²) in [5.41, 5.74) is 6.13. The number of hydrogen-bond donors (Lipinski definition) is 1. The summed E-state index contributed by atoms with van der Waals surface area (Å²) in [5.74, 6) is -0.161. The maximum absolute atomic E-state index is 12.0. The van der Waals surface area contributed by atoms with Gasteiger partial charge >= 0.3 is 5.97 Å². The molecule has 2 N–H and O–H groups in total. The number of nitrogens with two attached hydrogens (primary N) is 1. The molecular formula is C15H24FNO2S. The highest BCUT2D eigenvalue weighted by Gasteiger charge is 2.09. The van der Waals surface area contributed by atoms with Crippen molar-refractivity contribution in [1.82, 2.24) is 0 Å². The fourth-order valence-corrected chi connectivity index (χ4v) is 3.11. The molecular weight excluding hydrogens is 277 g/mol. The lowest BCUT2D eigenvalue weighted by atomic mass is 10.1. The third-order valence-electron chi connectivity index (χ3n) is 3.23. The monoisotopic (exact) mass is 301 g/mol. The number of rotatable bonds is 10. The average Bonchev–Trinajstić information content (AvgIpc) is 2.92. The Kier molecular flexibility index (Phi) is 8.46. The quantitative estimate of drug-likeness (QED) is 0.528. The minimum absolute atomic E-state index is 0.0500. The summed E-state index contributed by atoms with van der Waals surface area (Å²) in [7, 11) is 1.41. The second-order valence-corrected chi connectivity index (χ2v) is 6.08. The van der Waals surface area contributed by atoms with Crippen LogP contribution in [0.25, 0.3) is 0 Å². The van der Waals surface area contributed by atoms with Crippen molar-refractivity contribution >= 4 is 17.3 Å². The van der Waals surface area contributed by atoms with Crippen LogP contribution in [0.3, 0.4) is 0 Å². The maximum Gasteiger partial charge on any atom is 0.305 e. The van der Waals surface area contributed by atoms with Crippen LogP contribution in [0.5, 0.6) is 0 Å². The van der Waals surface area contributed by atoms with Crippen LogP contribution in [0.15, 0.2) is 12.1 Å². The second kappa shape index (κ2) is 9.88. The van der Waals surface area contributed by atoms with Crippen molar-refractivity contribution in [3.05, 3.63) is 21.9 Å². The van der Waals surface area contributed by atoms with E-state index in [1.54, 1.807) is 11.3 Å². The summed E-state index contributed by atoms with van der Waals surface area (Å²) in [5, 5.41) is 0. The molecule has 0 saturated carbocycles. The van der Waals surface area contributed by atoms with Crippen molar-refractivity contribution in [2.24, 2.45) is 5.73 Å². The van der Waals surface area contributed by atoms with Crippen molar-refractivity contribution in [1.29, 1.82) is 0 Å². The molecule has 0 aromatic carbocycles. The van der Waals surface area contributed by atoms with Crippen LogP contribution in [0.2, 0.25) is 0 Å². The molecule has 20 heavy (non-hydrogen) atoms. The predicted molar refractivity (Wildman–Crippen MR) is 80.6 cm³/mol. The predicted octanol–water partition coefficient (Wildman–Crippen LogP) is 3.77. The van der Waals surface area contributed by atoms with E-state index in [1.807, 2.05) is 0 Å². The highest BCUT2D eigenvalue weighted by Crippen LogP contribution is 2.26. The van der Waals surface area contributed by atoms with Crippen molar-refractivity contribution in [3.63, 3.8) is 0 Å². The van der Waals surface area contributed by atoms with Crippen LogP contribution in [-0.4, -0.2) is 19.8 Å². The van der Waals surface area contributed by atoms with E-state index in [1.165, 1.54) is 16.9 Å². The Morgan fingerprint density at radius 2 is 2.15 bits per heavy atom. The van der Waals surface area contributed by atoms with Crippen LogP contribution in [0.1, 0.15) is 54.3 Å². The average molecular weight is 301 g/mol. The highest BCUT2D eigenvalue weighted by molar-refractivity contribution is 7.12. The van der Waals surface area contributed by atoms with Gasteiger partial charge in [-0.25, -0.2) is 0 Å². The van der Waals surface area contributed by atoms with Gasteiger partial charge in [-0.1, -0.05) is 12.8 Å². The molecule has 3 nitrogen and oxygen atoms in total. The van der Waals surface area contributed by atoms with Crippen LogP contribution in [-0.2, 0) is 16.0 Å². The number of aryl methyl sites for hydroxylation is 1. The second-order valence-electron chi connectivity index (χ2n) is 4.88. The Hall–Kier alpha value is -0.940. The summed E-state index contributed by atoms with van der Waals surface area (Å²) >= 11 is 1.71. The maximum atomic E-state index is 12.0. The first-order valence-electron chi connectivity index (χ1n) is 7.14. The molecule has 1 rings (SSSR count). The number of unbranched alkanes of at least 4 members (excludes halogenated alkanes) is 2. The molecule has 0 amide bonds. The van der Waals surface area contributed by atoms with Gasteiger partial charge in [-0.05, 0) is 37.8 Å². The summed E-state index contributed by atoms with van der Waals surface area (Å²) in [6.45, 7) is -0.238.